The minimum absolute atomic E-state index is 0.230. The molecule has 0 atom stereocenters. The van der Waals surface area contributed by atoms with Crippen LogP contribution in [0.4, 0.5) is 5.69 Å². The number of hydrogen-bond donors (Lipinski definition) is 1. The number of ether oxygens (including phenoxy) is 5. The summed E-state index contributed by atoms with van der Waals surface area (Å²) in [5, 5.41) is 2.78. The molecule has 0 saturated carbocycles. The second-order valence-electron chi connectivity index (χ2n) is 6.48. The van der Waals surface area contributed by atoms with Crippen LogP contribution in [0.2, 0.25) is 0 Å². The number of amides is 1. The van der Waals surface area contributed by atoms with Gasteiger partial charge in [0.05, 0.1) is 39.6 Å². The molecule has 166 valence electrons. The molecule has 3 aromatic carbocycles. The number of carbonyl (C=O) groups is 2. The fourth-order valence-electron chi connectivity index (χ4n) is 3.00. The van der Waals surface area contributed by atoms with Gasteiger partial charge in [0.2, 0.25) is 5.75 Å². The molecule has 0 unspecified atom stereocenters. The molecule has 0 bridgehead atoms. The summed E-state index contributed by atoms with van der Waals surface area (Å²) in [7, 11) is 5.91. The summed E-state index contributed by atoms with van der Waals surface area (Å²) in [4.78, 5) is 25.1. The zero-order chi connectivity index (χ0) is 23.1. The number of anilines is 1. The first kappa shape index (κ1) is 22.5. The van der Waals surface area contributed by atoms with E-state index in [1.165, 1.54) is 40.6 Å². The summed E-state index contributed by atoms with van der Waals surface area (Å²) < 4.78 is 26.4. The molecule has 0 fully saturated rings. The van der Waals surface area contributed by atoms with Gasteiger partial charge in [-0.05, 0) is 48.5 Å². The predicted molar refractivity (Wildman–Crippen MR) is 118 cm³/mol. The van der Waals surface area contributed by atoms with E-state index in [0.29, 0.717) is 40.0 Å². The van der Waals surface area contributed by atoms with Crippen LogP contribution in [0.25, 0.3) is 0 Å². The Morgan fingerprint density at radius 2 is 1.31 bits per heavy atom. The minimum atomic E-state index is -0.602. The van der Waals surface area contributed by atoms with Gasteiger partial charge in [-0.15, -0.1) is 0 Å². The first-order valence-electron chi connectivity index (χ1n) is 9.57. The van der Waals surface area contributed by atoms with Crippen molar-refractivity contribution in [1.29, 1.82) is 0 Å². The van der Waals surface area contributed by atoms with Gasteiger partial charge in [-0.3, -0.25) is 4.79 Å². The Morgan fingerprint density at radius 3 is 1.88 bits per heavy atom. The van der Waals surface area contributed by atoms with Crippen LogP contribution >= 0.6 is 0 Å². The molecule has 0 aliphatic rings. The Balaban J connectivity index is 1.72. The van der Waals surface area contributed by atoms with E-state index in [1.54, 1.807) is 48.5 Å². The van der Waals surface area contributed by atoms with Crippen molar-refractivity contribution in [3.63, 3.8) is 0 Å². The second kappa shape index (κ2) is 10.2. The van der Waals surface area contributed by atoms with E-state index in [9.17, 15) is 9.59 Å². The quantitative estimate of drug-likeness (QED) is 0.417. The van der Waals surface area contributed by atoms with E-state index in [-0.39, 0.29) is 11.5 Å². The number of para-hydroxylation sites is 1. The van der Waals surface area contributed by atoms with Crippen LogP contribution in [0.1, 0.15) is 20.7 Å². The van der Waals surface area contributed by atoms with Crippen molar-refractivity contribution in [3.8, 4) is 28.7 Å². The molecule has 0 aliphatic carbocycles. The minimum Gasteiger partial charge on any atom is -0.496 e. The average Bonchev–Trinajstić information content (AvgIpc) is 2.83. The normalized spacial score (nSPS) is 10.1. The average molecular weight is 437 g/mol. The van der Waals surface area contributed by atoms with E-state index in [4.69, 9.17) is 23.7 Å². The van der Waals surface area contributed by atoms with Crippen molar-refractivity contribution in [2.75, 3.05) is 33.8 Å². The largest absolute Gasteiger partial charge is 0.496 e. The molecule has 0 radical (unpaired) electrons. The summed E-state index contributed by atoms with van der Waals surface area (Å²) in [5.41, 5.74) is 1.18. The van der Waals surface area contributed by atoms with Crippen LogP contribution in [-0.2, 0) is 0 Å². The maximum Gasteiger partial charge on any atom is 0.343 e. The lowest BCUT2D eigenvalue weighted by Crippen LogP contribution is -2.13. The molecule has 8 nitrogen and oxygen atoms in total. The molecule has 3 aromatic rings. The third kappa shape index (κ3) is 4.92. The molecule has 3 rings (SSSR count). The standard InChI is InChI=1S/C24H23NO7/c1-28-19-8-6-5-7-18(19)23(26)25-16-9-11-17(12-10-16)32-24(27)15-13-20(29-2)22(31-4)21(14-15)30-3/h5-14H,1-4H3,(H,25,26). The Kier molecular flexibility index (Phi) is 7.17. The van der Waals surface area contributed by atoms with Gasteiger partial charge in [-0.2, -0.15) is 0 Å². The molecule has 1 N–H and O–H groups in total. The van der Waals surface area contributed by atoms with Crippen LogP contribution in [0, 0.1) is 0 Å². The van der Waals surface area contributed by atoms with E-state index >= 15 is 0 Å². The van der Waals surface area contributed by atoms with Crippen LogP contribution in [0.15, 0.2) is 60.7 Å². The monoisotopic (exact) mass is 437 g/mol. The third-order valence-electron chi connectivity index (χ3n) is 4.57. The molecule has 0 aliphatic heterocycles. The van der Waals surface area contributed by atoms with Crippen molar-refractivity contribution >= 4 is 17.6 Å². The molecule has 0 saturated heterocycles. The zero-order valence-corrected chi connectivity index (χ0v) is 18.1. The highest BCUT2D eigenvalue weighted by Gasteiger charge is 2.18. The molecule has 0 aromatic heterocycles. The van der Waals surface area contributed by atoms with Gasteiger partial charge in [0.25, 0.3) is 5.91 Å². The van der Waals surface area contributed by atoms with Crippen LogP contribution in [0.3, 0.4) is 0 Å². The number of hydrogen-bond acceptors (Lipinski definition) is 7. The summed E-state index contributed by atoms with van der Waals surface area (Å²) in [6.45, 7) is 0. The molecular formula is C24H23NO7. The van der Waals surface area contributed by atoms with Gasteiger partial charge in [0.15, 0.2) is 11.5 Å². The summed E-state index contributed by atoms with van der Waals surface area (Å²) >= 11 is 0. The smallest absolute Gasteiger partial charge is 0.343 e. The van der Waals surface area contributed by atoms with Crippen molar-refractivity contribution in [2.24, 2.45) is 0 Å². The summed E-state index contributed by atoms with van der Waals surface area (Å²) in [6.07, 6.45) is 0. The fraction of sp³-hybridized carbons (Fsp3) is 0.167. The van der Waals surface area contributed by atoms with Crippen LogP contribution in [-0.4, -0.2) is 40.3 Å². The lowest BCUT2D eigenvalue weighted by Gasteiger charge is -2.14. The second-order valence-corrected chi connectivity index (χ2v) is 6.48. The number of benzene rings is 3. The van der Waals surface area contributed by atoms with E-state index in [2.05, 4.69) is 5.32 Å². The zero-order valence-electron chi connectivity index (χ0n) is 18.1. The number of carbonyl (C=O) groups excluding carboxylic acids is 2. The number of rotatable bonds is 8. The maximum absolute atomic E-state index is 12.6. The molecule has 1 amide bonds. The van der Waals surface area contributed by atoms with Crippen molar-refractivity contribution in [2.45, 2.75) is 0 Å². The molecular weight excluding hydrogens is 414 g/mol. The van der Waals surface area contributed by atoms with Gasteiger partial charge in [-0.25, -0.2) is 4.79 Å². The van der Waals surface area contributed by atoms with E-state index in [1.807, 2.05) is 0 Å². The van der Waals surface area contributed by atoms with Gasteiger partial charge < -0.3 is 29.0 Å². The molecule has 32 heavy (non-hydrogen) atoms. The third-order valence-corrected chi connectivity index (χ3v) is 4.57. The Morgan fingerprint density at radius 1 is 0.719 bits per heavy atom. The highest BCUT2D eigenvalue weighted by atomic mass is 16.5. The number of methoxy groups -OCH3 is 4. The molecule has 0 heterocycles. The van der Waals surface area contributed by atoms with Gasteiger partial charge in [0, 0.05) is 5.69 Å². The Labute approximate surface area is 185 Å². The van der Waals surface area contributed by atoms with Crippen molar-refractivity contribution in [3.05, 3.63) is 71.8 Å². The lowest BCUT2D eigenvalue weighted by molar-refractivity contribution is 0.0733. The fourth-order valence-corrected chi connectivity index (χ4v) is 3.00. The Hall–Kier alpha value is -4.20. The lowest BCUT2D eigenvalue weighted by atomic mass is 10.1. The van der Waals surface area contributed by atoms with Gasteiger partial charge >= 0.3 is 5.97 Å². The van der Waals surface area contributed by atoms with Crippen LogP contribution in [0.5, 0.6) is 28.7 Å². The summed E-state index contributed by atoms with van der Waals surface area (Å²) in [6, 6.07) is 16.3. The van der Waals surface area contributed by atoms with Crippen molar-refractivity contribution < 1.29 is 33.3 Å². The van der Waals surface area contributed by atoms with Crippen LogP contribution < -0.4 is 29.0 Å². The highest BCUT2D eigenvalue weighted by molar-refractivity contribution is 6.06. The van der Waals surface area contributed by atoms with E-state index in [0.717, 1.165) is 0 Å². The first-order chi connectivity index (χ1) is 15.5. The van der Waals surface area contributed by atoms with Gasteiger partial charge in [-0.1, -0.05) is 12.1 Å². The molecule has 0 spiro atoms. The number of nitrogens with one attached hydrogen (secondary N) is 1. The van der Waals surface area contributed by atoms with Crippen molar-refractivity contribution in [1.82, 2.24) is 0 Å². The highest BCUT2D eigenvalue weighted by Crippen LogP contribution is 2.38. The Bertz CT molecular complexity index is 1080. The maximum atomic E-state index is 12.6. The topological polar surface area (TPSA) is 92.3 Å². The number of esters is 1. The first-order valence-corrected chi connectivity index (χ1v) is 9.57. The summed E-state index contributed by atoms with van der Waals surface area (Å²) in [5.74, 6) is 0.919. The SMILES string of the molecule is COc1ccccc1C(=O)Nc1ccc(OC(=O)c2cc(OC)c(OC)c(OC)c2)cc1. The molecule has 8 heteroatoms. The van der Waals surface area contributed by atoms with E-state index < -0.39 is 5.97 Å². The predicted octanol–water partition coefficient (Wildman–Crippen LogP) is 4.19. The van der Waals surface area contributed by atoms with Gasteiger partial charge in [0.1, 0.15) is 11.5 Å².